The van der Waals surface area contributed by atoms with Gasteiger partial charge in [0.05, 0.1) is 0 Å². The van der Waals surface area contributed by atoms with E-state index in [9.17, 15) is 8.42 Å². The van der Waals surface area contributed by atoms with E-state index in [-0.39, 0.29) is 0 Å². The highest BCUT2D eigenvalue weighted by molar-refractivity contribution is 7.91. The molecule has 7 heteroatoms. The highest BCUT2D eigenvalue weighted by atomic mass is 32.2. The van der Waals surface area contributed by atoms with Crippen LogP contribution < -0.4 is 5.73 Å². The van der Waals surface area contributed by atoms with Crippen molar-refractivity contribution in [2.45, 2.75) is 23.6 Å². The maximum Gasteiger partial charge on any atom is 0.252 e. The number of nitrogens with two attached hydrogens (primary N) is 1. The van der Waals surface area contributed by atoms with Crippen molar-refractivity contribution in [1.29, 1.82) is 0 Å². The molecule has 0 amide bonds. The molecule has 0 radical (unpaired) electrons. The van der Waals surface area contributed by atoms with Crippen molar-refractivity contribution >= 4 is 21.4 Å². The smallest absolute Gasteiger partial charge is 0.252 e. The highest BCUT2D eigenvalue weighted by Gasteiger charge is 2.23. The first kappa shape index (κ1) is 14.9. The number of likely N-dealkylation sites (tertiary alicyclic amines) is 1. The van der Waals surface area contributed by atoms with Crippen LogP contribution in [0.3, 0.4) is 0 Å². The topological polar surface area (TPSA) is 66.6 Å². The molecule has 1 aliphatic heterocycles. The third-order valence-electron chi connectivity index (χ3n) is 3.43. The Morgan fingerprint density at radius 1 is 1.37 bits per heavy atom. The van der Waals surface area contributed by atoms with Crippen molar-refractivity contribution in [2.24, 2.45) is 5.73 Å². The molecule has 1 fully saturated rings. The SMILES string of the molecule is CN(CCN1CCCC1)S(=O)(=O)c1ccc(CN)s1. The molecule has 0 atom stereocenters. The van der Waals surface area contributed by atoms with Crippen LogP contribution in [0.15, 0.2) is 16.3 Å². The lowest BCUT2D eigenvalue weighted by Gasteiger charge is -2.20. The van der Waals surface area contributed by atoms with Gasteiger partial charge in [-0.05, 0) is 38.1 Å². The van der Waals surface area contributed by atoms with Crippen LogP contribution in [0.2, 0.25) is 0 Å². The summed E-state index contributed by atoms with van der Waals surface area (Å²) in [6.07, 6.45) is 2.45. The molecule has 1 saturated heterocycles. The molecular weight excluding hydrogens is 282 g/mol. The molecule has 0 unspecified atom stereocenters. The number of hydrogen-bond acceptors (Lipinski definition) is 5. The van der Waals surface area contributed by atoms with Crippen molar-refractivity contribution in [3.8, 4) is 0 Å². The van der Waals surface area contributed by atoms with E-state index in [0.717, 1.165) is 24.5 Å². The highest BCUT2D eigenvalue weighted by Crippen LogP contribution is 2.24. The van der Waals surface area contributed by atoms with E-state index >= 15 is 0 Å². The summed E-state index contributed by atoms with van der Waals surface area (Å²) < 4.78 is 26.5. The fourth-order valence-electron chi connectivity index (χ4n) is 2.17. The minimum atomic E-state index is -3.35. The van der Waals surface area contributed by atoms with Crippen molar-refractivity contribution < 1.29 is 8.42 Å². The summed E-state index contributed by atoms with van der Waals surface area (Å²) in [5, 5.41) is 0. The second-order valence-corrected chi connectivity index (χ2v) is 8.24. The molecule has 19 heavy (non-hydrogen) atoms. The average molecular weight is 303 g/mol. The minimum Gasteiger partial charge on any atom is -0.326 e. The Balaban J connectivity index is 1.97. The van der Waals surface area contributed by atoms with E-state index in [1.54, 1.807) is 19.2 Å². The van der Waals surface area contributed by atoms with Gasteiger partial charge in [-0.25, -0.2) is 8.42 Å². The number of likely N-dealkylation sites (N-methyl/N-ethyl adjacent to an activating group) is 1. The second-order valence-electron chi connectivity index (χ2n) is 4.80. The molecule has 0 aromatic carbocycles. The van der Waals surface area contributed by atoms with Crippen LogP contribution in [-0.2, 0) is 16.6 Å². The molecule has 5 nitrogen and oxygen atoms in total. The van der Waals surface area contributed by atoms with Gasteiger partial charge in [0, 0.05) is 31.6 Å². The van der Waals surface area contributed by atoms with Crippen LogP contribution in [0.5, 0.6) is 0 Å². The third kappa shape index (κ3) is 3.55. The van der Waals surface area contributed by atoms with Gasteiger partial charge >= 0.3 is 0 Å². The Morgan fingerprint density at radius 2 is 2.05 bits per heavy atom. The molecule has 2 rings (SSSR count). The standard InChI is InChI=1S/C12H21N3O2S2/c1-14(8-9-15-6-2-3-7-15)19(16,17)12-5-4-11(10-13)18-12/h4-5H,2-3,6-10,13H2,1H3. The fourth-order valence-corrected chi connectivity index (χ4v) is 4.78. The Labute approximate surface area is 119 Å². The van der Waals surface area contributed by atoms with Crippen molar-refractivity contribution in [1.82, 2.24) is 9.21 Å². The lowest BCUT2D eigenvalue weighted by Crippen LogP contribution is -2.34. The molecule has 1 aliphatic rings. The fraction of sp³-hybridized carbons (Fsp3) is 0.667. The summed E-state index contributed by atoms with van der Waals surface area (Å²) >= 11 is 1.26. The molecule has 2 N–H and O–H groups in total. The average Bonchev–Trinajstić information content (AvgIpc) is 3.06. The van der Waals surface area contributed by atoms with Gasteiger partial charge in [0.15, 0.2) is 0 Å². The number of rotatable bonds is 6. The van der Waals surface area contributed by atoms with Gasteiger partial charge in [0.25, 0.3) is 10.0 Å². The first-order valence-electron chi connectivity index (χ1n) is 6.51. The van der Waals surface area contributed by atoms with Gasteiger partial charge in [-0.2, -0.15) is 4.31 Å². The zero-order valence-electron chi connectivity index (χ0n) is 11.2. The predicted octanol–water partition coefficient (Wildman–Crippen LogP) is 0.923. The summed E-state index contributed by atoms with van der Waals surface area (Å²) in [4.78, 5) is 3.21. The van der Waals surface area contributed by atoms with Gasteiger partial charge in [-0.1, -0.05) is 0 Å². The molecule has 0 saturated carbocycles. The largest absolute Gasteiger partial charge is 0.326 e. The molecule has 108 valence electrons. The first-order chi connectivity index (χ1) is 9.04. The van der Waals surface area contributed by atoms with E-state index in [0.29, 0.717) is 17.3 Å². The molecule has 0 spiro atoms. The van der Waals surface area contributed by atoms with Gasteiger partial charge in [0.1, 0.15) is 4.21 Å². The number of thiophene rings is 1. The van der Waals surface area contributed by atoms with Gasteiger partial charge in [-0.15, -0.1) is 11.3 Å². The van der Waals surface area contributed by atoms with Crippen molar-refractivity contribution in [2.75, 3.05) is 33.2 Å². The summed E-state index contributed by atoms with van der Waals surface area (Å²) in [6.45, 7) is 3.91. The van der Waals surface area contributed by atoms with E-state index < -0.39 is 10.0 Å². The van der Waals surface area contributed by atoms with E-state index in [1.807, 2.05) is 0 Å². The second kappa shape index (κ2) is 6.32. The predicted molar refractivity (Wildman–Crippen MR) is 77.7 cm³/mol. The molecule has 1 aromatic heterocycles. The maximum atomic E-state index is 12.3. The summed E-state index contributed by atoms with van der Waals surface area (Å²) in [5.74, 6) is 0. The summed E-state index contributed by atoms with van der Waals surface area (Å²) in [6, 6.07) is 3.43. The zero-order chi connectivity index (χ0) is 13.9. The van der Waals surface area contributed by atoms with Crippen LogP contribution in [0.25, 0.3) is 0 Å². The third-order valence-corrected chi connectivity index (χ3v) is 6.86. The Kier molecular flexibility index (Phi) is 4.97. The zero-order valence-corrected chi connectivity index (χ0v) is 12.8. The lowest BCUT2D eigenvalue weighted by molar-refractivity contribution is 0.310. The van der Waals surface area contributed by atoms with E-state index in [1.165, 1.54) is 28.5 Å². The number of nitrogens with zero attached hydrogens (tertiary/aromatic N) is 2. The Hall–Kier alpha value is -0.470. The minimum absolute atomic E-state index is 0.386. The van der Waals surface area contributed by atoms with Crippen LogP contribution in [0, 0.1) is 0 Å². The van der Waals surface area contributed by atoms with E-state index in [4.69, 9.17) is 5.73 Å². The van der Waals surface area contributed by atoms with Crippen molar-refractivity contribution in [3.63, 3.8) is 0 Å². The molecule has 0 aliphatic carbocycles. The molecule has 1 aromatic rings. The number of hydrogen-bond donors (Lipinski definition) is 1. The normalized spacial score (nSPS) is 17.4. The van der Waals surface area contributed by atoms with Crippen LogP contribution in [-0.4, -0.2) is 50.8 Å². The first-order valence-corrected chi connectivity index (χ1v) is 8.77. The Morgan fingerprint density at radius 3 is 2.63 bits per heavy atom. The van der Waals surface area contributed by atoms with Crippen LogP contribution in [0.4, 0.5) is 0 Å². The number of sulfonamides is 1. The quantitative estimate of drug-likeness (QED) is 0.849. The van der Waals surface area contributed by atoms with Crippen LogP contribution >= 0.6 is 11.3 Å². The Bertz CT molecular complexity index is 507. The maximum absolute atomic E-state index is 12.3. The summed E-state index contributed by atoms with van der Waals surface area (Å²) in [5.41, 5.74) is 5.52. The molecule has 0 bridgehead atoms. The summed E-state index contributed by atoms with van der Waals surface area (Å²) in [7, 11) is -1.70. The molecular formula is C12H21N3O2S2. The monoisotopic (exact) mass is 303 g/mol. The van der Waals surface area contributed by atoms with Gasteiger partial charge < -0.3 is 10.6 Å². The van der Waals surface area contributed by atoms with Gasteiger partial charge in [0.2, 0.25) is 0 Å². The van der Waals surface area contributed by atoms with Crippen LogP contribution in [0.1, 0.15) is 17.7 Å². The van der Waals surface area contributed by atoms with E-state index in [2.05, 4.69) is 4.90 Å². The molecule has 2 heterocycles. The van der Waals surface area contributed by atoms with Gasteiger partial charge in [-0.3, -0.25) is 0 Å². The lowest BCUT2D eigenvalue weighted by atomic mass is 10.4. The van der Waals surface area contributed by atoms with Crippen molar-refractivity contribution in [3.05, 3.63) is 17.0 Å².